The number of anilines is 1. The highest BCUT2D eigenvalue weighted by Gasteiger charge is 2.36. The minimum absolute atomic E-state index is 0.000967. The Morgan fingerprint density at radius 3 is 2.57 bits per heavy atom. The second kappa shape index (κ2) is 6.88. The van der Waals surface area contributed by atoms with Crippen molar-refractivity contribution in [1.29, 1.82) is 0 Å². The number of aromatic nitrogens is 4. The molecule has 10 heteroatoms. The predicted octanol–water partition coefficient (Wildman–Crippen LogP) is 4.84. The summed E-state index contributed by atoms with van der Waals surface area (Å²) >= 11 is 6.45. The summed E-state index contributed by atoms with van der Waals surface area (Å²) < 4.78 is 56.0. The lowest BCUT2D eigenvalue weighted by molar-refractivity contribution is -0.137. The van der Waals surface area contributed by atoms with Crippen LogP contribution in [-0.2, 0) is 6.18 Å². The fourth-order valence-electron chi connectivity index (χ4n) is 3.45. The van der Waals surface area contributed by atoms with Gasteiger partial charge in [-0.15, -0.1) is 0 Å². The largest absolute Gasteiger partial charge is 0.417 e. The summed E-state index contributed by atoms with van der Waals surface area (Å²) in [7, 11) is 0. The van der Waals surface area contributed by atoms with E-state index in [4.69, 9.17) is 11.6 Å². The Morgan fingerprint density at radius 2 is 1.89 bits per heavy atom. The average Bonchev–Trinajstić information content (AvgIpc) is 3.10. The van der Waals surface area contributed by atoms with Gasteiger partial charge in [-0.2, -0.15) is 32.8 Å². The van der Waals surface area contributed by atoms with Crippen LogP contribution in [0.25, 0.3) is 16.9 Å². The van der Waals surface area contributed by atoms with Crippen LogP contribution in [0.1, 0.15) is 25.3 Å². The van der Waals surface area contributed by atoms with Crippen molar-refractivity contribution in [2.75, 3.05) is 18.0 Å². The van der Waals surface area contributed by atoms with Crippen LogP contribution in [0.2, 0.25) is 5.15 Å². The molecule has 0 amide bonds. The molecular formula is C18H16ClF4N5. The molecular weight excluding hydrogens is 398 g/mol. The summed E-state index contributed by atoms with van der Waals surface area (Å²) in [4.78, 5) is 10.3. The van der Waals surface area contributed by atoms with E-state index in [0.29, 0.717) is 25.1 Å². The van der Waals surface area contributed by atoms with Gasteiger partial charge in [-0.25, -0.2) is 4.39 Å². The van der Waals surface area contributed by atoms with Gasteiger partial charge >= 0.3 is 6.18 Å². The van der Waals surface area contributed by atoms with Crippen LogP contribution in [0.5, 0.6) is 0 Å². The molecule has 148 valence electrons. The molecule has 0 N–H and O–H groups in total. The highest BCUT2D eigenvalue weighted by molar-refractivity contribution is 6.33. The maximum absolute atomic E-state index is 14.0. The van der Waals surface area contributed by atoms with Crippen molar-refractivity contribution in [1.82, 2.24) is 19.6 Å². The van der Waals surface area contributed by atoms with Gasteiger partial charge < -0.3 is 4.90 Å². The van der Waals surface area contributed by atoms with E-state index in [0.717, 1.165) is 29.5 Å². The van der Waals surface area contributed by atoms with Crippen LogP contribution in [-0.4, -0.2) is 32.7 Å². The topological polar surface area (TPSA) is 46.3 Å². The van der Waals surface area contributed by atoms with E-state index in [1.54, 1.807) is 0 Å². The van der Waals surface area contributed by atoms with Gasteiger partial charge in [0.05, 0.1) is 11.1 Å². The second-order valence-corrected chi connectivity index (χ2v) is 7.29. The molecule has 0 atom stereocenters. The molecule has 2 aromatic heterocycles. The minimum Gasteiger partial charge on any atom is -0.356 e. The molecule has 0 saturated carbocycles. The number of nitrogens with zero attached hydrogens (tertiary/aromatic N) is 5. The van der Waals surface area contributed by atoms with E-state index in [1.165, 1.54) is 6.33 Å². The van der Waals surface area contributed by atoms with E-state index >= 15 is 0 Å². The lowest BCUT2D eigenvalue weighted by Gasteiger charge is -2.33. The Labute approximate surface area is 163 Å². The molecule has 3 heterocycles. The van der Waals surface area contributed by atoms with Gasteiger partial charge in [-0.05, 0) is 37.0 Å². The molecule has 4 rings (SSSR count). The standard InChI is InChI=1S/C18H16ClF4N5/c1-10-4-6-27(7-5-10)16-14(15(19)28-17(26-16)24-9-25-28)12-8-11(20)2-3-13(12)18(21,22)23/h2-3,8-10H,4-7H2,1H3. The smallest absolute Gasteiger partial charge is 0.356 e. The first-order chi connectivity index (χ1) is 13.3. The minimum atomic E-state index is -4.68. The molecule has 0 unspecified atom stereocenters. The normalized spacial score (nSPS) is 16.1. The van der Waals surface area contributed by atoms with Crippen molar-refractivity contribution in [3.63, 3.8) is 0 Å². The van der Waals surface area contributed by atoms with E-state index in [9.17, 15) is 17.6 Å². The zero-order valence-electron chi connectivity index (χ0n) is 14.8. The monoisotopic (exact) mass is 413 g/mol. The lowest BCUT2D eigenvalue weighted by Crippen LogP contribution is -2.34. The molecule has 0 radical (unpaired) electrons. The third kappa shape index (κ3) is 3.28. The average molecular weight is 414 g/mol. The number of hydrogen-bond acceptors (Lipinski definition) is 4. The quantitative estimate of drug-likeness (QED) is 0.445. The Hall–Kier alpha value is -2.42. The molecule has 1 fully saturated rings. The fraction of sp³-hybridized carbons (Fsp3) is 0.389. The summed E-state index contributed by atoms with van der Waals surface area (Å²) in [6, 6.07) is 2.34. The number of rotatable bonds is 2. The van der Waals surface area contributed by atoms with E-state index in [-0.39, 0.29) is 27.9 Å². The predicted molar refractivity (Wildman–Crippen MR) is 96.8 cm³/mol. The Morgan fingerprint density at radius 1 is 1.18 bits per heavy atom. The zero-order chi connectivity index (χ0) is 20.1. The third-order valence-corrected chi connectivity index (χ3v) is 5.34. The van der Waals surface area contributed by atoms with E-state index in [1.807, 2.05) is 4.90 Å². The van der Waals surface area contributed by atoms with Crippen molar-refractivity contribution in [2.24, 2.45) is 5.92 Å². The van der Waals surface area contributed by atoms with Crippen molar-refractivity contribution in [3.05, 3.63) is 41.1 Å². The van der Waals surface area contributed by atoms with Gasteiger partial charge in [0.15, 0.2) is 0 Å². The van der Waals surface area contributed by atoms with Crippen molar-refractivity contribution >= 4 is 23.2 Å². The van der Waals surface area contributed by atoms with Gasteiger partial charge in [0.25, 0.3) is 5.78 Å². The number of fused-ring (bicyclic) bond motifs is 1. The second-order valence-electron chi connectivity index (χ2n) is 6.93. The Kier molecular flexibility index (Phi) is 4.65. The molecule has 1 aliphatic heterocycles. The summed E-state index contributed by atoms with van der Waals surface area (Å²) in [5, 5.41) is 3.84. The number of alkyl halides is 3. The molecule has 1 aromatic carbocycles. The Bertz CT molecular complexity index is 1020. The maximum Gasteiger partial charge on any atom is 0.417 e. The summed E-state index contributed by atoms with van der Waals surface area (Å²) in [6.45, 7) is 3.34. The van der Waals surface area contributed by atoms with E-state index < -0.39 is 17.6 Å². The van der Waals surface area contributed by atoms with Crippen LogP contribution in [0.3, 0.4) is 0 Å². The molecule has 28 heavy (non-hydrogen) atoms. The summed E-state index contributed by atoms with van der Waals surface area (Å²) in [5.41, 5.74) is -1.35. The molecule has 1 aliphatic rings. The van der Waals surface area contributed by atoms with Gasteiger partial charge in [-0.3, -0.25) is 0 Å². The third-order valence-electron chi connectivity index (χ3n) is 4.99. The van der Waals surface area contributed by atoms with Gasteiger partial charge in [0.1, 0.15) is 23.1 Å². The highest BCUT2D eigenvalue weighted by atomic mass is 35.5. The molecule has 0 bridgehead atoms. The lowest BCUT2D eigenvalue weighted by atomic mass is 9.97. The first kappa shape index (κ1) is 18.9. The Balaban J connectivity index is 2.00. The fourth-order valence-corrected chi connectivity index (χ4v) is 3.76. The van der Waals surface area contributed by atoms with Crippen molar-refractivity contribution in [2.45, 2.75) is 25.9 Å². The van der Waals surface area contributed by atoms with Gasteiger partial charge in [0.2, 0.25) is 0 Å². The number of benzene rings is 1. The first-order valence-corrected chi connectivity index (χ1v) is 9.15. The van der Waals surface area contributed by atoms with Crippen LogP contribution < -0.4 is 4.90 Å². The first-order valence-electron chi connectivity index (χ1n) is 8.77. The number of piperidine rings is 1. The SMILES string of the molecule is CC1CCN(c2nc3ncnn3c(Cl)c2-c2cc(F)ccc2C(F)(F)F)CC1. The summed E-state index contributed by atoms with van der Waals surface area (Å²) in [6.07, 6.45) is -1.73. The van der Waals surface area contributed by atoms with Crippen molar-refractivity contribution in [3.8, 4) is 11.1 Å². The van der Waals surface area contributed by atoms with Crippen LogP contribution in [0.15, 0.2) is 24.5 Å². The summed E-state index contributed by atoms with van der Waals surface area (Å²) in [5.74, 6) is 0.142. The number of hydrogen-bond donors (Lipinski definition) is 0. The van der Waals surface area contributed by atoms with Crippen LogP contribution >= 0.6 is 11.6 Å². The molecule has 0 spiro atoms. The van der Waals surface area contributed by atoms with Crippen molar-refractivity contribution < 1.29 is 17.6 Å². The molecule has 1 saturated heterocycles. The highest BCUT2D eigenvalue weighted by Crippen LogP contribution is 2.44. The van der Waals surface area contributed by atoms with E-state index in [2.05, 4.69) is 22.0 Å². The molecule has 0 aliphatic carbocycles. The maximum atomic E-state index is 14.0. The molecule has 5 nitrogen and oxygen atoms in total. The number of halogens is 5. The van der Waals surface area contributed by atoms with Crippen LogP contribution in [0, 0.1) is 11.7 Å². The van der Waals surface area contributed by atoms with Gasteiger partial charge in [-0.1, -0.05) is 18.5 Å². The van der Waals surface area contributed by atoms with Crippen LogP contribution in [0.4, 0.5) is 23.4 Å². The van der Waals surface area contributed by atoms with Gasteiger partial charge in [0, 0.05) is 18.7 Å². The molecule has 3 aromatic rings. The zero-order valence-corrected chi connectivity index (χ0v) is 15.6.